The molecule has 8 heavy (non-hydrogen) atoms. The topological polar surface area (TPSA) is 46.3 Å². The van der Waals surface area contributed by atoms with Gasteiger partial charge in [-0.2, -0.15) is 0 Å². The van der Waals surface area contributed by atoms with Gasteiger partial charge >= 0.3 is 0 Å². The van der Waals surface area contributed by atoms with Crippen LogP contribution < -0.4 is 0 Å². The SMILES string of the molecule is CCc1nocc1O. The van der Waals surface area contributed by atoms with E-state index in [4.69, 9.17) is 5.11 Å². The molecule has 0 atom stereocenters. The molecule has 1 rings (SSSR count). The van der Waals surface area contributed by atoms with Gasteiger partial charge in [-0.3, -0.25) is 0 Å². The lowest BCUT2D eigenvalue weighted by Crippen LogP contribution is -1.76. The highest BCUT2D eigenvalue weighted by atomic mass is 16.5. The largest absolute Gasteiger partial charge is 0.503 e. The molecule has 0 unspecified atom stereocenters. The van der Waals surface area contributed by atoms with E-state index in [-0.39, 0.29) is 5.75 Å². The van der Waals surface area contributed by atoms with Gasteiger partial charge in [-0.25, -0.2) is 0 Å². The Morgan fingerprint density at radius 3 is 2.88 bits per heavy atom. The van der Waals surface area contributed by atoms with Crippen LogP contribution >= 0.6 is 0 Å². The normalized spacial score (nSPS) is 9.62. The summed E-state index contributed by atoms with van der Waals surface area (Å²) in [4.78, 5) is 0. The van der Waals surface area contributed by atoms with Gasteiger partial charge in [0.05, 0.1) is 0 Å². The summed E-state index contributed by atoms with van der Waals surface area (Å²) in [5, 5.41) is 12.3. The van der Waals surface area contributed by atoms with E-state index in [9.17, 15) is 0 Å². The molecule has 3 nitrogen and oxygen atoms in total. The first-order valence-corrected chi connectivity index (χ1v) is 2.46. The number of rotatable bonds is 1. The first-order chi connectivity index (χ1) is 3.84. The van der Waals surface area contributed by atoms with Gasteiger partial charge in [-0.05, 0) is 6.42 Å². The summed E-state index contributed by atoms with van der Waals surface area (Å²) in [7, 11) is 0. The molecule has 3 heteroatoms. The van der Waals surface area contributed by atoms with E-state index < -0.39 is 0 Å². The Labute approximate surface area is 46.9 Å². The molecule has 44 valence electrons. The minimum absolute atomic E-state index is 0.146. The number of aryl methyl sites for hydroxylation is 1. The van der Waals surface area contributed by atoms with E-state index in [1.54, 1.807) is 0 Å². The second-order valence-corrected chi connectivity index (χ2v) is 1.50. The predicted molar refractivity (Wildman–Crippen MR) is 27.5 cm³/mol. The molecule has 0 radical (unpaired) electrons. The standard InChI is InChI=1S/C5H7NO2/c1-2-4-5(7)3-8-6-4/h3,7H,2H2,1H3. The van der Waals surface area contributed by atoms with E-state index in [0.29, 0.717) is 12.1 Å². The zero-order valence-electron chi connectivity index (χ0n) is 4.59. The molecule has 0 bridgehead atoms. The highest BCUT2D eigenvalue weighted by Gasteiger charge is 1.99. The Morgan fingerprint density at radius 1 is 1.88 bits per heavy atom. The second-order valence-electron chi connectivity index (χ2n) is 1.50. The van der Waals surface area contributed by atoms with Crippen molar-refractivity contribution in [3.8, 4) is 5.75 Å². The minimum atomic E-state index is 0.146. The monoisotopic (exact) mass is 113 g/mol. The summed E-state index contributed by atoms with van der Waals surface area (Å²) in [6, 6.07) is 0. The first-order valence-electron chi connectivity index (χ1n) is 2.46. The molecule has 1 heterocycles. The van der Waals surface area contributed by atoms with Crippen molar-refractivity contribution in [3.63, 3.8) is 0 Å². The Hall–Kier alpha value is -0.990. The van der Waals surface area contributed by atoms with Crippen LogP contribution in [-0.4, -0.2) is 10.3 Å². The van der Waals surface area contributed by atoms with Gasteiger partial charge in [0.25, 0.3) is 0 Å². The summed E-state index contributed by atoms with van der Waals surface area (Å²) in [6.07, 6.45) is 1.93. The molecule has 0 fully saturated rings. The Kier molecular flexibility index (Phi) is 1.20. The minimum Gasteiger partial charge on any atom is -0.503 e. The van der Waals surface area contributed by atoms with Crippen molar-refractivity contribution in [1.29, 1.82) is 0 Å². The van der Waals surface area contributed by atoms with Crippen molar-refractivity contribution in [2.24, 2.45) is 0 Å². The molecule has 1 N–H and O–H groups in total. The Balaban J connectivity index is 2.92. The number of aromatic hydroxyl groups is 1. The Morgan fingerprint density at radius 2 is 2.62 bits per heavy atom. The van der Waals surface area contributed by atoms with Crippen LogP contribution in [0.3, 0.4) is 0 Å². The lowest BCUT2D eigenvalue weighted by molar-refractivity contribution is 0.405. The maximum absolute atomic E-state index is 8.79. The quantitative estimate of drug-likeness (QED) is 0.589. The summed E-state index contributed by atoms with van der Waals surface area (Å²) in [6.45, 7) is 1.90. The average Bonchev–Trinajstić information content (AvgIpc) is 2.14. The van der Waals surface area contributed by atoms with Gasteiger partial charge in [-0.1, -0.05) is 12.1 Å². The van der Waals surface area contributed by atoms with Gasteiger partial charge in [0.1, 0.15) is 5.69 Å². The van der Waals surface area contributed by atoms with E-state index in [1.165, 1.54) is 6.26 Å². The van der Waals surface area contributed by atoms with Crippen LogP contribution in [0.2, 0.25) is 0 Å². The van der Waals surface area contributed by atoms with Crippen LogP contribution in [0, 0.1) is 0 Å². The molecule has 1 aromatic rings. The molecule has 0 spiro atoms. The fourth-order valence-electron chi connectivity index (χ4n) is 0.500. The predicted octanol–water partition coefficient (Wildman–Crippen LogP) is 0.943. The van der Waals surface area contributed by atoms with Crippen molar-refractivity contribution in [3.05, 3.63) is 12.0 Å². The molecular formula is C5H7NO2. The molecule has 0 aliphatic heterocycles. The third-order valence-corrected chi connectivity index (χ3v) is 0.958. The summed E-state index contributed by atoms with van der Waals surface area (Å²) in [5.74, 6) is 0.146. The van der Waals surface area contributed by atoms with Crippen LogP contribution in [0.5, 0.6) is 5.75 Å². The zero-order chi connectivity index (χ0) is 5.98. The van der Waals surface area contributed by atoms with Crippen LogP contribution in [0.1, 0.15) is 12.6 Å². The van der Waals surface area contributed by atoms with E-state index in [2.05, 4.69) is 9.68 Å². The summed E-state index contributed by atoms with van der Waals surface area (Å²) in [5.41, 5.74) is 0.616. The maximum Gasteiger partial charge on any atom is 0.178 e. The molecule has 0 saturated heterocycles. The summed E-state index contributed by atoms with van der Waals surface area (Å²) < 4.78 is 4.44. The summed E-state index contributed by atoms with van der Waals surface area (Å²) >= 11 is 0. The third-order valence-electron chi connectivity index (χ3n) is 0.958. The van der Waals surface area contributed by atoms with Gasteiger partial charge in [0, 0.05) is 0 Å². The molecule has 0 amide bonds. The number of nitrogens with zero attached hydrogens (tertiary/aromatic N) is 1. The van der Waals surface area contributed by atoms with Gasteiger partial charge in [0.15, 0.2) is 12.0 Å². The van der Waals surface area contributed by atoms with Crippen molar-refractivity contribution < 1.29 is 9.63 Å². The van der Waals surface area contributed by atoms with Gasteiger partial charge in [-0.15, -0.1) is 0 Å². The second kappa shape index (κ2) is 1.86. The number of hydrogen-bond donors (Lipinski definition) is 1. The van der Waals surface area contributed by atoms with Crippen LogP contribution in [0.4, 0.5) is 0 Å². The molecule has 0 aromatic carbocycles. The van der Waals surface area contributed by atoms with Crippen LogP contribution in [0.15, 0.2) is 10.8 Å². The molecule has 0 aliphatic carbocycles. The van der Waals surface area contributed by atoms with E-state index in [1.807, 2.05) is 6.92 Å². The van der Waals surface area contributed by atoms with Crippen LogP contribution in [0.25, 0.3) is 0 Å². The lowest BCUT2D eigenvalue weighted by Gasteiger charge is -1.82. The fraction of sp³-hybridized carbons (Fsp3) is 0.400. The number of aromatic nitrogens is 1. The molecule has 0 saturated carbocycles. The fourth-order valence-corrected chi connectivity index (χ4v) is 0.500. The average molecular weight is 113 g/mol. The highest BCUT2D eigenvalue weighted by Crippen LogP contribution is 2.13. The first kappa shape index (κ1) is 5.15. The van der Waals surface area contributed by atoms with Crippen molar-refractivity contribution in [2.75, 3.05) is 0 Å². The number of hydrogen-bond acceptors (Lipinski definition) is 3. The Bertz CT molecular complexity index is 171. The molecular weight excluding hydrogens is 106 g/mol. The molecule has 0 aliphatic rings. The van der Waals surface area contributed by atoms with E-state index >= 15 is 0 Å². The van der Waals surface area contributed by atoms with E-state index in [0.717, 1.165) is 0 Å². The van der Waals surface area contributed by atoms with Gasteiger partial charge in [0.2, 0.25) is 0 Å². The van der Waals surface area contributed by atoms with Gasteiger partial charge < -0.3 is 9.63 Å². The van der Waals surface area contributed by atoms with Crippen molar-refractivity contribution in [2.45, 2.75) is 13.3 Å². The highest BCUT2D eigenvalue weighted by molar-refractivity contribution is 5.19. The smallest absolute Gasteiger partial charge is 0.178 e. The van der Waals surface area contributed by atoms with Crippen LogP contribution in [-0.2, 0) is 6.42 Å². The van der Waals surface area contributed by atoms with Crippen molar-refractivity contribution in [1.82, 2.24) is 5.16 Å². The lowest BCUT2D eigenvalue weighted by atomic mass is 10.3. The van der Waals surface area contributed by atoms with Crippen molar-refractivity contribution >= 4 is 0 Å². The third kappa shape index (κ3) is 0.665. The molecule has 1 aromatic heterocycles. The maximum atomic E-state index is 8.79. The zero-order valence-corrected chi connectivity index (χ0v) is 4.59.